The lowest BCUT2D eigenvalue weighted by Gasteiger charge is -2.41. The molecule has 0 spiro atoms. The van der Waals surface area contributed by atoms with Crippen molar-refractivity contribution >= 4 is 46.1 Å². The number of anilines is 1. The van der Waals surface area contributed by atoms with Crippen molar-refractivity contribution in [3.05, 3.63) is 56.6 Å². The average molecular weight is 534 g/mol. The van der Waals surface area contributed by atoms with Gasteiger partial charge in [-0.2, -0.15) is 4.98 Å². The molecule has 3 aromatic rings. The molecule has 36 heavy (non-hydrogen) atoms. The first kappa shape index (κ1) is 26.0. The molecule has 3 heterocycles. The largest absolute Gasteiger partial charge is 0.497 e. The first-order valence-corrected chi connectivity index (χ1v) is 12.4. The molecule has 1 aliphatic rings. The number of benzene rings is 1. The van der Waals surface area contributed by atoms with Crippen LogP contribution in [-0.2, 0) is 11.3 Å². The highest BCUT2D eigenvalue weighted by molar-refractivity contribution is 6.41. The molecule has 1 fully saturated rings. The van der Waals surface area contributed by atoms with Crippen LogP contribution >= 0.6 is 23.2 Å². The third-order valence-corrected chi connectivity index (χ3v) is 6.57. The highest BCUT2D eigenvalue weighted by atomic mass is 35.5. The summed E-state index contributed by atoms with van der Waals surface area (Å²) in [5.41, 5.74) is 0.226. The van der Waals surface area contributed by atoms with Gasteiger partial charge in [-0.3, -0.25) is 4.57 Å². The number of hydrogen-bond donors (Lipinski definition) is 0. The van der Waals surface area contributed by atoms with Crippen molar-refractivity contribution in [1.82, 2.24) is 19.4 Å². The Kier molecular flexibility index (Phi) is 7.33. The minimum absolute atomic E-state index is 0.104. The van der Waals surface area contributed by atoms with Crippen LogP contribution in [-0.4, -0.2) is 63.9 Å². The topological polar surface area (TPSA) is 89.8 Å². The molecule has 0 N–H and O–H groups in total. The molecule has 1 saturated heterocycles. The van der Waals surface area contributed by atoms with E-state index in [2.05, 4.69) is 9.97 Å². The number of carbonyl (C=O) groups excluding carboxylic acids is 1. The molecule has 0 radical (unpaired) electrons. The number of methoxy groups -OCH3 is 1. The number of rotatable bonds is 4. The van der Waals surface area contributed by atoms with Crippen LogP contribution in [0.2, 0.25) is 10.2 Å². The maximum atomic E-state index is 13.3. The first-order chi connectivity index (χ1) is 17.0. The van der Waals surface area contributed by atoms with E-state index in [4.69, 9.17) is 32.7 Å². The fraction of sp³-hybridized carbons (Fsp3) is 0.440. The number of hydrogen-bond acceptors (Lipinski definition) is 7. The Morgan fingerprint density at radius 1 is 1.14 bits per heavy atom. The number of fused-ring (bicyclic) bond motifs is 1. The highest BCUT2D eigenvalue weighted by Crippen LogP contribution is 2.31. The number of ether oxygens (including phenoxy) is 2. The van der Waals surface area contributed by atoms with Gasteiger partial charge in [0.15, 0.2) is 0 Å². The smallest absolute Gasteiger partial charge is 0.410 e. The zero-order chi connectivity index (χ0) is 26.2. The maximum Gasteiger partial charge on any atom is 0.410 e. The van der Waals surface area contributed by atoms with E-state index in [1.807, 2.05) is 56.9 Å². The minimum atomic E-state index is -0.578. The van der Waals surface area contributed by atoms with Crippen molar-refractivity contribution in [2.45, 2.75) is 45.9 Å². The molecule has 2 aromatic heterocycles. The van der Waals surface area contributed by atoms with E-state index in [1.54, 1.807) is 18.1 Å². The number of aromatic nitrogens is 3. The predicted molar refractivity (Wildman–Crippen MR) is 141 cm³/mol. The van der Waals surface area contributed by atoms with E-state index >= 15 is 0 Å². The van der Waals surface area contributed by atoms with Gasteiger partial charge >= 0.3 is 11.8 Å². The van der Waals surface area contributed by atoms with Gasteiger partial charge in [-0.1, -0.05) is 35.3 Å². The summed E-state index contributed by atoms with van der Waals surface area (Å²) in [5, 5.41) is 0.976. The van der Waals surface area contributed by atoms with E-state index in [-0.39, 0.29) is 28.9 Å². The molecular formula is C25H29Cl2N5O4. The Morgan fingerprint density at radius 2 is 1.83 bits per heavy atom. The number of carbonyl (C=O) groups is 1. The van der Waals surface area contributed by atoms with Crippen molar-refractivity contribution in [3.8, 4) is 5.75 Å². The molecule has 9 nitrogen and oxygen atoms in total. The van der Waals surface area contributed by atoms with E-state index in [9.17, 15) is 9.59 Å². The van der Waals surface area contributed by atoms with Crippen molar-refractivity contribution in [2.75, 3.05) is 31.6 Å². The van der Waals surface area contributed by atoms with Gasteiger partial charge in [0.1, 0.15) is 28.0 Å². The molecule has 1 atom stereocenters. The normalized spacial score (nSPS) is 16.4. The second-order valence-electron chi connectivity index (χ2n) is 9.75. The van der Waals surface area contributed by atoms with Gasteiger partial charge in [0.2, 0.25) is 0 Å². The van der Waals surface area contributed by atoms with Gasteiger partial charge in [0, 0.05) is 25.7 Å². The maximum absolute atomic E-state index is 13.3. The molecule has 11 heteroatoms. The van der Waals surface area contributed by atoms with Crippen LogP contribution in [0.4, 0.5) is 10.6 Å². The summed E-state index contributed by atoms with van der Waals surface area (Å²) in [5.74, 6) is 1.18. The SMILES string of the molecule is COc1ccc(Cn2c(=O)nc(N3CCN(C(=O)OC(C)(C)C)C[C@@H]3C)c3cc(Cl)c(Cl)nc32)cc1. The molecule has 0 unspecified atom stereocenters. The summed E-state index contributed by atoms with van der Waals surface area (Å²) in [6, 6.07) is 8.96. The Bertz CT molecular complexity index is 1340. The summed E-state index contributed by atoms with van der Waals surface area (Å²) >= 11 is 12.6. The van der Waals surface area contributed by atoms with Crippen molar-refractivity contribution < 1.29 is 14.3 Å². The van der Waals surface area contributed by atoms with E-state index in [1.165, 1.54) is 4.57 Å². The van der Waals surface area contributed by atoms with Crippen LogP contribution in [0.15, 0.2) is 35.1 Å². The zero-order valence-corrected chi connectivity index (χ0v) is 22.4. The monoisotopic (exact) mass is 533 g/mol. The standard InChI is InChI=1S/C25H29Cl2N5O4/c1-15-13-30(24(34)36-25(2,3)4)10-11-31(15)22-18-12-19(26)20(27)28-21(18)32(23(33)29-22)14-16-6-8-17(35-5)9-7-16/h6-9,12,15H,10-11,13-14H2,1-5H3/t15-/m0/s1. The van der Waals surface area contributed by atoms with Crippen LogP contribution in [0.5, 0.6) is 5.75 Å². The number of amides is 1. The molecule has 0 saturated carbocycles. The van der Waals surface area contributed by atoms with Crippen molar-refractivity contribution in [2.24, 2.45) is 0 Å². The Hall–Kier alpha value is -3.04. The van der Waals surface area contributed by atoms with Crippen molar-refractivity contribution in [3.63, 3.8) is 0 Å². The number of piperazine rings is 1. The minimum Gasteiger partial charge on any atom is -0.497 e. The van der Waals surface area contributed by atoms with Crippen molar-refractivity contribution in [1.29, 1.82) is 0 Å². The predicted octanol–water partition coefficient (Wildman–Crippen LogP) is 4.60. The van der Waals surface area contributed by atoms with E-state index < -0.39 is 11.3 Å². The summed E-state index contributed by atoms with van der Waals surface area (Å²) < 4.78 is 12.2. The molecule has 1 aromatic carbocycles. The summed E-state index contributed by atoms with van der Waals surface area (Å²) in [6.07, 6.45) is -0.363. The summed E-state index contributed by atoms with van der Waals surface area (Å²) in [4.78, 5) is 38.4. The lowest BCUT2D eigenvalue weighted by Crippen LogP contribution is -2.55. The molecular weight excluding hydrogens is 505 g/mol. The molecule has 0 aliphatic carbocycles. The Labute approximate surface area is 219 Å². The second kappa shape index (κ2) is 10.1. The van der Waals surface area contributed by atoms with Gasteiger partial charge in [-0.15, -0.1) is 0 Å². The first-order valence-electron chi connectivity index (χ1n) is 11.6. The molecule has 192 valence electrons. The number of nitrogens with zero attached hydrogens (tertiary/aromatic N) is 5. The van der Waals surface area contributed by atoms with Crippen LogP contribution in [0.3, 0.4) is 0 Å². The van der Waals surface area contributed by atoms with Gasteiger partial charge in [0.25, 0.3) is 0 Å². The van der Waals surface area contributed by atoms with E-state index in [0.717, 1.165) is 11.3 Å². The van der Waals surface area contributed by atoms with Gasteiger partial charge in [-0.05, 0) is 51.5 Å². The fourth-order valence-electron chi connectivity index (χ4n) is 4.17. The third-order valence-electron chi connectivity index (χ3n) is 5.89. The average Bonchev–Trinajstić information content (AvgIpc) is 2.81. The lowest BCUT2D eigenvalue weighted by atomic mass is 10.1. The van der Waals surface area contributed by atoms with Crippen LogP contribution in [0.1, 0.15) is 33.3 Å². The van der Waals surface area contributed by atoms with Gasteiger partial charge in [0.05, 0.1) is 24.1 Å². The quantitative estimate of drug-likeness (QED) is 0.452. The second-order valence-corrected chi connectivity index (χ2v) is 10.5. The lowest BCUT2D eigenvalue weighted by molar-refractivity contribution is 0.0218. The Morgan fingerprint density at radius 3 is 2.44 bits per heavy atom. The number of halogens is 2. The molecule has 1 amide bonds. The third kappa shape index (κ3) is 5.52. The highest BCUT2D eigenvalue weighted by Gasteiger charge is 2.32. The fourth-order valence-corrected chi connectivity index (χ4v) is 4.46. The van der Waals surface area contributed by atoms with Crippen LogP contribution in [0.25, 0.3) is 11.0 Å². The molecule has 0 bridgehead atoms. The van der Waals surface area contributed by atoms with Crippen LogP contribution < -0.4 is 15.3 Å². The molecule has 4 rings (SSSR count). The summed E-state index contributed by atoms with van der Waals surface area (Å²) in [6.45, 7) is 9.03. The zero-order valence-electron chi connectivity index (χ0n) is 20.9. The summed E-state index contributed by atoms with van der Waals surface area (Å²) in [7, 11) is 1.60. The van der Waals surface area contributed by atoms with Crippen LogP contribution in [0, 0.1) is 0 Å². The van der Waals surface area contributed by atoms with Gasteiger partial charge < -0.3 is 19.3 Å². The number of pyridine rings is 1. The van der Waals surface area contributed by atoms with Gasteiger partial charge in [-0.25, -0.2) is 14.6 Å². The van der Waals surface area contributed by atoms with E-state index in [0.29, 0.717) is 36.5 Å². The molecule has 1 aliphatic heterocycles. The Balaban J connectivity index is 1.70.